The monoisotopic (exact) mass is 334 g/mol. The van der Waals surface area contributed by atoms with E-state index in [-0.39, 0.29) is 17.4 Å². The Bertz CT molecular complexity index is 871. The van der Waals surface area contributed by atoms with Gasteiger partial charge < -0.3 is 10.0 Å². The molecule has 126 valence electrons. The first-order valence-corrected chi connectivity index (χ1v) is 8.43. The zero-order valence-electron chi connectivity index (χ0n) is 13.7. The SMILES string of the molecule is O=C(O)c1ccc(CN2C(=O)C3CCCC3=Nc3ccccc32)cc1. The van der Waals surface area contributed by atoms with E-state index in [1.165, 1.54) is 0 Å². The van der Waals surface area contributed by atoms with Crippen LogP contribution in [0.2, 0.25) is 0 Å². The van der Waals surface area contributed by atoms with Gasteiger partial charge in [0, 0.05) is 5.71 Å². The van der Waals surface area contributed by atoms with Crippen molar-refractivity contribution in [2.75, 3.05) is 4.90 Å². The van der Waals surface area contributed by atoms with E-state index in [9.17, 15) is 9.59 Å². The first-order valence-electron chi connectivity index (χ1n) is 8.43. The third kappa shape index (κ3) is 2.82. The van der Waals surface area contributed by atoms with Crippen LogP contribution in [-0.4, -0.2) is 22.7 Å². The number of para-hydroxylation sites is 2. The van der Waals surface area contributed by atoms with Gasteiger partial charge in [-0.1, -0.05) is 24.3 Å². The third-order valence-electron chi connectivity index (χ3n) is 4.87. The molecular weight excluding hydrogens is 316 g/mol. The number of rotatable bonds is 3. The topological polar surface area (TPSA) is 70.0 Å². The van der Waals surface area contributed by atoms with Crippen LogP contribution < -0.4 is 4.90 Å². The van der Waals surface area contributed by atoms with E-state index in [1.54, 1.807) is 29.2 Å². The van der Waals surface area contributed by atoms with Crippen LogP contribution in [0.1, 0.15) is 35.2 Å². The van der Waals surface area contributed by atoms with Gasteiger partial charge in [-0.25, -0.2) is 4.79 Å². The van der Waals surface area contributed by atoms with Crippen molar-refractivity contribution in [3.63, 3.8) is 0 Å². The standard InChI is InChI=1S/C20H18N2O3/c23-19-15-4-3-6-16(15)21-17-5-1-2-7-18(17)22(19)12-13-8-10-14(11-9-13)20(24)25/h1-2,5,7-11,15H,3-4,6,12H2,(H,24,25). The quantitative estimate of drug-likeness (QED) is 0.928. The van der Waals surface area contributed by atoms with Gasteiger partial charge in [0.2, 0.25) is 5.91 Å². The highest BCUT2D eigenvalue weighted by Gasteiger charge is 2.36. The highest BCUT2D eigenvalue weighted by Crippen LogP contribution is 2.38. The number of amides is 1. The van der Waals surface area contributed by atoms with E-state index in [0.717, 1.165) is 41.9 Å². The summed E-state index contributed by atoms with van der Waals surface area (Å²) in [6, 6.07) is 14.4. The van der Waals surface area contributed by atoms with Crippen molar-refractivity contribution < 1.29 is 14.7 Å². The lowest BCUT2D eigenvalue weighted by Gasteiger charge is -2.25. The van der Waals surface area contributed by atoms with Gasteiger partial charge in [0.1, 0.15) is 0 Å². The number of aliphatic imine (C=N–C) groups is 1. The molecule has 1 unspecified atom stereocenters. The molecule has 0 aromatic heterocycles. The van der Waals surface area contributed by atoms with E-state index in [1.807, 2.05) is 24.3 Å². The summed E-state index contributed by atoms with van der Waals surface area (Å²) < 4.78 is 0. The predicted octanol–water partition coefficient (Wildman–Crippen LogP) is 3.80. The number of hydrogen-bond acceptors (Lipinski definition) is 3. The number of carbonyl (C=O) groups is 2. The molecule has 0 radical (unpaired) electrons. The first-order chi connectivity index (χ1) is 12.1. The average Bonchev–Trinajstić information content (AvgIpc) is 3.04. The van der Waals surface area contributed by atoms with Crippen LogP contribution in [0, 0.1) is 5.92 Å². The van der Waals surface area contributed by atoms with Crippen LogP contribution in [0.4, 0.5) is 11.4 Å². The van der Waals surface area contributed by atoms with Gasteiger partial charge in [-0.3, -0.25) is 9.79 Å². The number of anilines is 1. The Morgan fingerprint density at radius 2 is 1.92 bits per heavy atom. The molecule has 2 aromatic carbocycles. The van der Waals surface area contributed by atoms with Crippen LogP contribution in [0.15, 0.2) is 53.5 Å². The van der Waals surface area contributed by atoms with E-state index in [0.29, 0.717) is 6.54 Å². The third-order valence-corrected chi connectivity index (χ3v) is 4.87. The molecule has 25 heavy (non-hydrogen) atoms. The number of carboxylic acids is 1. The summed E-state index contributed by atoms with van der Waals surface area (Å²) >= 11 is 0. The molecule has 1 N–H and O–H groups in total. The fourth-order valence-corrected chi connectivity index (χ4v) is 3.57. The molecule has 1 amide bonds. The number of benzene rings is 2. The maximum atomic E-state index is 13.1. The fourth-order valence-electron chi connectivity index (χ4n) is 3.57. The van der Waals surface area contributed by atoms with Crippen molar-refractivity contribution in [1.29, 1.82) is 0 Å². The molecule has 1 fully saturated rings. The number of fused-ring (bicyclic) bond motifs is 2. The highest BCUT2D eigenvalue weighted by atomic mass is 16.4. The maximum absolute atomic E-state index is 13.1. The minimum absolute atomic E-state index is 0.0866. The Morgan fingerprint density at radius 3 is 2.68 bits per heavy atom. The number of carbonyl (C=O) groups excluding carboxylic acids is 1. The minimum Gasteiger partial charge on any atom is -0.478 e. The van der Waals surface area contributed by atoms with E-state index in [2.05, 4.69) is 0 Å². The molecule has 0 saturated heterocycles. The van der Waals surface area contributed by atoms with E-state index in [4.69, 9.17) is 10.1 Å². The molecule has 5 nitrogen and oxygen atoms in total. The van der Waals surface area contributed by atoms with E-state index < -0.39 is 5.97 Å². The Labute approximate surface area is 145 Å². The van der Waals surface area contributed by atoms with Crippen LogP contribution in [0.25, 0.3) is 0 Å². The summed E-state index contributed by atoms with van der Waals surface area (Å²) in [4.78, 5) is 30.7. The molecule has 5 heteroatoms. The van der Waals surface area contributed by atoms with Crippen LogP contribution in [-0.2, 0) is 11.3 Å². The summed E-state index contributed by atoms with van der Waals surface area (Å²) in [5.41, 5.74) is 3.78. The molecule has 2 aromatic rings. The molecule has 1 atom stereocenters. The van der Waals surface area contributed by atoms with Gasteiger partial charge in [0.25, 0.3) is 0 Å². The summed E-state index contributed by atoms with van der Waals surface area (Å²) in [6.45, 7) is 0.412. The summed E-state index contributed by atoms with van der Waals surface area (Å²) in [5.74, 6) is -0.999. The van der Waals surface area contributed by atoms with Crippen LogP contribution in [0.3, 0.4) is 0 Å². The Hall–Kier alpha value is -2.95. The van der Waals surface area contributed by atoms with Gasteiger partial charge in [-0.15, -0.1) is 0 Å². The highest BCUT2D eigenvalue weighted by molar-refractivity contribution is 6.14. The van der Waals surface area contributed by atoms with Crippen molar-refractivity contribution in [2.24, 2.45) is 10.9 Å². The zero-order valence-corrected chi connectivity index (χ0v) is 13.7. The average molecular weight is 334 g/mol. The molecular formula is C20H18N2O3. The smallest absolute Gasteiger partial charge is 0.335 e. The zero-order chi connectivity index (χ0) is 17.4. The molecule has 0 bridgehead atoms. The Balaban J connectivity index is 1.70. The number of nitrogens with zero attached hydrogens (tertiary/aromatic N) is 2. The van der Waals surface area contributed by atoms with E-state index >= 15 is 0 Å². The van der Waals surface area contributed by atoms with Crippen molar-refractivity contribution in [3.05, 3.63) is 59.7 Å². The number of aromatic carboxylic acids is 1. The van der Waals surface area contributed by atoms with Gasteiger partial charge >= 0.3 is 5.97 Å². The van der Waals surface area contributed by atoms with Crippen molar-refractivity contribution in [3.8, 4) is 0 Å². The van der Waals surface area contributed by atoms with Crippen molar-refractivity contribution >= 4 is 29.0 Å². The van der Waals surface area contributed by atoms with Crippen molar-refractivity contribution in [1.82, 2.24) is 0 Å². The van der Waals surface area contributed by atoms with Crippen LogP contribution in [0.5, 0.6) is 0 Å². The first kappa shape index (κ1) is 15.6. The van der Waals surface area contributed by atoms with Gasteiger partial charge in [0.05, 0.1) is 29.4 Å². The predicted molar refractivity (Wildman–Crippen MR) is 95.5 cm³/mol. The molecule has 2 aliphatic rings. The van der Waals surface area contributed by atoms with Gasteiger partial charge in [-0.2, -0.15) is 0 Å². The molecule has 1 heterocycles. The van der Waals surface area contributed by atoms with Gasteiger partial charge in [-0.05, 0) is 49.1 Å². The Morgan fingerprint density at radius 1 is 1.16 bits per heavy atom. The maximum Gasteiger partial charge on any atom is 0.335 e. The summed E-state index contributed by atoms with van der Waals surface area (Å²) in [5, 5.41) is 9.03. The summed E-state index contributed by atoms with van der Waals surface area (Å²) in [6.07, 6.45) is 2.73. The molecule has 1 aliphatic heterocycles. The van der Waals surface area contributed by atoms with Crippen LogP contribution >= 0.6 is 0 Å². The lowest BCUT2D eigenvalue weighted by atomic mass is 10.0. The molecule has 4 rings (SSSR count). The fraction of sp³-hybridized carbons (Fsp3) is 0.250. The number of carboxylic acid groups (broad SMARTS) is 1. The largest absolute Gasteiger partial charge is 0.478 e. The second kappa shape index (κ2) is 6.16. The summed E-state index contributed by atoms with van der Waals surface area (Å²) in [7, 11) is 0. The minimum atomic E-state index is -0.952. The van der Waals surface area contributed by atoms with Gasteiger partial charge in [0.15, 0.2) is 0 Å². The number of hydrogen-bond donors (Lipinski definition) is 1. The lowest BCUT2D eigenvalue weighted by molar-refractivity contribution is -0.120. The van der Waals surface area contributed by atoms with Crippen molar-refractivity contribution in [2.45, 2.75) is 25.8 Å². The second-order valence-electron chi connectivity index (χ2n) is 6.46. The molecule has 0 spiro atoms. The normalized spacial score (nSPS) is 19.0. The second-order valence-corrected chi connectivity index (χ2v) is 6.46. The Kier molecular flexibility index (Phi) is 3.84. The molecule has 1 saturated carbocycles. The lowest BCUT2D eigenvalue weighted by Crippen LogP contribution is -2.36. The molecule has 1 aliphatic carbocycles.